The Morgan fingerprint density at radius 2 is 1.95 bits per heavy atom. The van der Waals surface area contributed by atoms with Crippen LogP contribution in [0.25, 0.3) is 0 Å². The second kappa shape index (κ2) is 6.37. The van der Waals surface area contributed by atoms with Crippen LogP contribution < -0.4 is 11.1 Å². The van der Waals surface area contributed by atoms with Gasteiger partial charge in [-0.25, -0.2) is 13.6 Å². The van der Waals surface area contributed by atoms with Gasteiger partial charge in [0.15, 0.2) is 0 Å². The minimum atomic E-state index is -0.981. The molecule has 0 spiro atoms. The molecule has 1 aromatic carbocycles. The van der Waals surface area contributed by atoms with Crippen LogP contribution in [0.1, 0.15) is 32.4 Å². The normalized spacial score (nSPS) is 12.9. The first-order valence-corrected chi connectivity index (χ1v) is 6.35. The highest BCUT2D eigenvalue weighted by Crippen LogP contribution is 2.27. The third kappa shape index (κ3) is 4.61. The van der Waals surface area contributed by atoms with Crippen molar-refractivity contribution in [3.8, 4) is 0 Å². The second-order valence-corrected chi connectivity index (χ2v) is 5.62. The summed E-state index contributed by atoms with van der Waals surface area (Å²) in [5.74, 6) is -1.49. The van der Waals surface area contributed by atoms with E-state index in [0.29, 0.717) is 0 Å². The van der Waals surface area contributed by atoms with Crippen molar-refractivity contribution in [3.05, 3.63) is 34.4 Å². The number of hydrogen-bond donors (Lipinski definition) is 2. The van der Waals surface area contributed by atoms with Crippen LogP contribution in [-0.4, -0.2) is 18.2 Å². The summed E-state index contributed by atoms with van der Waals surface area (Å²) >= 11 is 5.68. The second-order valence-electron chi connectivity index (χ2n) is 5.25. The van der Waals surface area contributed by atoms with Gasteiger partial charge in [0, 0.05) is 12.1 Å². The number of carbonyl (C=O) groups is 1. The van der Waals surface area contributed by atoms with Crippen molar-refractivity contribution in [3.63, 3.8) is 0 Å². The molecule has 0 aliphatic heterocycles. The molecule has 0 saturated heterocycles. The lowest BCUT2D eigenvalue weighted by atomic mass is 10.1. The minimum absolute atomic E-state index is 0.130. The number of carbonyl (C=O) groups excluding carboxylic acids is 1. The molecule has 3 N–H and O–H groups in total. The van der Waals surface area contributed by atoms with E-state index in [1.54, 1.807) is 20.8 Å². The molecule has 1 unspecified atom stereocenters. The van der Waals surface area contributed by atoms with E-state index in [2.05, 4.69) is 5.32 Å². The van der Waals surface area contributed by atoms with Crippen LogP contribution in [0.3, 0.4) is 0 Å². The molecule has 0 heterocycles. The molecule has 0 aromatic heterocycles. The molecule has 0 aliphatic carbocycles. The molecule has 1 aromatic rings. The van der Waals surface area contributed by atoms with E-state index in [1.807, 2.05) is 0 Å². The van der Waals surface area contributed by atoms with Crippen LogP contribution >= 0.6 is 11.6 Å². The van der Waals surface area contributed by atoms with Gasteiger partial charge in [0.1, 0.15) is 17.2 Å². The van der Waals surface area contributed by atoms with Crippen molar-refractivity contribution in [2.45, 2.75) is 32.4 Å². The summed E-state index contributed by atoms with van der Waals surface area (Å²) in [6.45, 7) is 4.98. The fraction of sp³-hybridized carbons (Fsp3) is 0.462. The van der Waals surface area contributed by atoms with Crippen LogP contribution in [0.4, 0.5) is 13.6 Å². The van der Waals surface area contributed by atoms with Gasteiger partial charge in [-0.05, 0) is 32.9 Å². The lowest BCUT2D eigenvalue weighted by molar-refractivity contribution is 0.0524. The van der Waals surface area contributed by atoms with Gasteiger partial charge in [-0.2, -0.15) is 0 Å². The highest BCUT2D eigenvalue weighted by Gasteiger charge is 2.21. The molecule has 4 nitrogen and oxygen atoms in total. The van der Waals surface area contributed by atoms with Crippen molar-refractivity contribution in [2.75, 3.05) is 6.54 Å². The molecular weight excluding hydrogens is 290 g/mol. The van der Waals surface area contributed by atoms with Gasteiger partial charge in [-0.1, -0.05) is 11.6 Å². The number of nitrogens with two attached hydrogens (primary N) is 1. The van der Waals surface area contributed by atoms with Crippen molar-refractivity contribution >= 4 is 17.7 Å². The molecular formula is C13H17ClF2N2O2. The number of nitrogens with one attached hydrogen (secondary N) is 1. The molecule has 0 saturated carbocycles. The Balaban J connectivity index is 2.71. The van der Waals surface area contributed by atoms with E-state index < -0.39 is 29.4 Å². The molecule has 1 atom stereocenters. The summed E-state index contributed by atoms with van der Waals surface area (Å²) in [4.78, 5) is 11.4. The minimum Gasteiger partial charge on any atom is -0.444 e. The zero-order valence-electron chi connectivity index (χ0n) is 11.5. The predicted molar refractivity (Wildman–Crippen MR) is 72.5 cm³/mol. The Bertz CT molecular complexity index is 504. The predicted octanol–water partition coefficient (Wildman–Crippen LogP) is 3.14. The number of alkyl carbamates (subject to hydrolysis) is 1. The number of benzene rings is 1. The monoisotopic (exact) mass is 306 g/mol. The third-order valence-electron chi connectivity index (χ3n) is 2.32. The van der Waals surface area contributed by atoms with Gasteiger partial charge >= 0.3 is 6.09 Å². The van der Waals surface area contributed by atoms with Crippen molar-refractivity contribution in [1.29, 1.82) is 0 Å². The van der Waals surface area contributed by atoms with E-state index in [0.717, 1.165) is 12.1 Å². The molecule has 0 aliphatic rings. The van der Waals surface area contributed by atoms with Gasteiger partial charge in [0.2, 0.25) is 0 Å². The smallest absolute Gasteiger partial charge is 0.407 e. The quantitative estimate of drug-likeness (QED) is 0.843. The van der Waals surface area contributed by atoms with E-state index in [-0.39, 0.29) is 17.1 Å². The van der Waals surface area contributed by atoms with Gasteiger partial charge in [-0.15, -0.1) is 0 Å². The average molecular weight is 307 g/mol. The Labute approximate surface area is 121 Å². The largest absolute Gasteiger partial charge is 0.444 e. The fourth-order valence-corrected chi connectivity index (χ4v) is 1.79. The summed E-state index contributed by atoms with van der Waals surface area (Å²) in [7, 11) is 0. The Hall–Kier alpha value is -1.40. The van der Waals surface area contributed by atoms with Gasteiger partial charge in [0.05, 0.1) is 11.1 Å². The number of hydrogen-bond acceptors (Lipinski definition) is 3. The van der Waals surface area contributed by atoms with Gasteiger partial charge < -0.3 is 15.8 Å². The molecule has 0 fully saturated rings. The fourth-order valence-electron chi connectivity index (χ4n) is 1.49. The molecule has 0 radical (unpaired) electrons. The highest BCUT2D eigenvalue weighted by molar-refractivity contribution is 6.31. The molecule has 7 heteroatoms. The number of halogens is 3. The molecule has 0 bridgehead atoms. The Morgan fingerprint density at radius 1 is 1.40 bits per heavy atom. The molecule has 112 valence electrons. The summed E-state index contributed by atoms with van der Waals surface area (Å²) in [6.07, 6.45) is -0.694. The Morgan fingerprint density at radius 3 is 2.50 bits per heavy atom. The van der Waals surface area contributed by atoms with Crippen molar-refractivity contribution in [1.82, 2.24) is 5.32 Å². The van der Waals surface area contributed by atoms with Crippen LogP contribution in [0.5, 0.6) is 0 Å². The van der Waals surface area contributed by atoms with E-state index in [9.17, 15) is 13.6 Å². The van der Waals surface area contributed by atoms with Crippen LogP contribution in [-0.2, 0) is 4.74 Å². The summed E-state index contributed by atoms with van der Waals surface area (Å²) in [5, 5.41) is 1.99. The molecule has 1 amide bonds. The topological polar surface area (TPSA) is 64.3 Å². The van der Waals surface area contributed by atoms with Gasteiger partial charge in [-0.3, -0.25) is 0 Å². The maximum atomic E-state index is 13.6. The Kier molecular flexibility index (Phi) is 5.30. The first-order chi connectivity index (χ1) is 9.11. The maximum Gasteiger partial charge on any atom is 0.407 e. The zero-order chi connectivity index (χ0) is 15.5. The average Bonchev–Trinajstić information content (AvgIpc) is 2.30. The van der Waals surface area contributed by atoms with Crippen molar-refractivity contribution < 1.29 is 18.3 Å². The van der Waals surface area contributed by atoms with Crippen LogP contribution in [0.2, 0.25) is 5.02 Å². The number of rotatable bonds is 3. The SMILES string of the molecule is CC(C)(C)OC(=O)NCC(N)c1c(F)ccc(F)c1Cl. The van der Waals surface area contributed by atoms with Crippen LogP contribution in [0, 0.1) is 11.6 Å². The summed E-state index contributed by atoms with van der Waals surface area (Å²) in [6, 6.07) is 0.865. The van der Waals surface area contributed by atoms with E-state index >= 15 is 0 Å². The lowest BCUT2D eigenvalue weighted by Crippen LogP contribution is -2.37. The zero-order valence-corrected chi connectivity index (χ0v) is 12.2. The standard InChI is InChI=1S/C13H17ClF2N2O2/c1-13(2,3)20-12(19)18-6-9(17)10-7(15)4-5-8(16)11(10)14/h4-5,9H,6,17H2,1-3H3,(H,18,19). The first kappa shape index (κ1) is 16.7. The van der Waals surface area contributed by atoms with Crippen LogP contribution in [0.15, 0.2) is 12.1 Å². The van der Waals surface area contributed by atoms with Gasteiger partial charge in [0.25, 0.3) is 0 Å². The number of ether oxygens (including phenoxy) is 1. The summed E-state index contributed by atoms with van der Waals surface area (Å²) in [5.41, 5.74) is 4.88. The van der Waals surface area contributed by atoms with E-state index in [4.69, 9.17) is 22.1 Å². The highest BCUT2D eigenvalue weighted by atomic mass is 35.5. The summed E-state index contributed by atoms with van der Waals surface area (Å²) < 4.78 is 31.9. The molecule has 1 rings (SSSR count). The van der Waals surface area contributed by atoms with Crippen molar-refractivity contribution in [2.24, 2.45) is 5.73 Å². The third-order valence-corrected chi connectivity index (χ3v) is 2.70. The lowest BCUT2D eigenvalue weighted by Gasteiger charge is -2.21. The van der Waals surface area contributed by atoms with E-state index in [1.165, 1.54) is 0 Å². The number of amides is 1. The maximum absolute atomic E-state index is 13.6. The molecule has 20 heavy (non-hydrogen) atoms. The first-order valence-electron chi connectivity index (χ1n) is 5.97.